The molecule has 8 heteroatoms. The molecule has 0 unspecified atom stereocenters. The maximum atomic E-state index is 12.2. The second-order valence-corrected chi connectivity index (χ2v) is 13.0. The number of likely N-dealkylation sites (N-methyl/N-ethyl adjacent to an activating group) is 1. The minimum absolute atomic E-state index is 0.00973. The van der Waals surface area contributed by atoms with Crippen molar-refractivity contribution >= 4 is 22.6 Å². The highest BCUT2D eigenvalue weighted by molar-refractivity contribution is 5.83. The minimum atomic E-state index is -0.994. The second kappa shape index (κ2) is 16.2. The van der Waals surface area contributed by atoms with Gasteiger partial charge in [-0.2, -0.15) is 0 Å². The molecule has 50 heavy (non-hydrogen) atoms. The Labute approximate surface area is 293 Å². The van der Waals surface area contributed by atoms with Gasteiger partial charge >= 0.3 is 5.97 Å². The summed E-state index contributed by atoms with van der Waals surface area (Å²) >= 11 is 0. The predicted molar refractivity (Wildman–Crippen MR) is 194 cm³/mol. The van der Waals surface area contributed by atoms with Crippen LogP contribution in [0.2, 0.25) is 0 Å². The van der Waals surface area contributed by atoms with Crippen LogP contribution in [0.1, 0.15) is 72.4 Å². The smallest absolute Gasteiger partial charge is 0.303 e. The van der Waals surface area contributed by atoms with Crippen molar-refractivity contribution in [3.05, 3.63) is 143 Å². The van der Waals surface area contributed by atoms with Gasteiger partial charge < -0.3 is 25.0 Å². The highest BCUT2D eigenvalue weighted by Crippen LogP contribution is 2.39. The number of hydrogen-bond donors (Lipinski definition) is 3. The number of carboxylic acid groups (broad SMARTS) is 1. The molecule has 1 aliphatic rings. The SMILES string of the molecule is C[C@H](c1ccc2ccccc2c1)N(C)C[C@@H]1C[C@H](c2ccc(CO)cc2)O[C@H](c2ccc(-c3ccccc3CNC(=O)CCC(=O)O)cc2)O1. The fourth-order valence-corrected chi connectivity index (χ4v) is 6.51. The molecular formula is C42H44N2O6. The van der Waals surface area contributed by atoms with Crippen LogP contribution in [0.5, 0.6) is 0 Å². The summed E-state index contributed by atoms with van der Waals surface area (Å²) in [6.07, 6.45) is -0.448. The van der Waals surface area contributed by atoms with Gasteiger partial charge in [0.1, 0.15) is 0 Å². The molecule has 0 bridgehead atoms. The summed E-state index contributed by atoms with van der Waals surface area (Å²) in [5.41, 5.74) is 6.95. The number of ether oxygens (including phenoxy) is 2. The monoisotopic (exact) mass is 672 g/mol. The summed E-state index contributed by atoms with van der Waals surface area (Å²) in [6.45, 7) is 3.23. The van der Waals surface area contributed by atoms with Gasteiger partial charge in [0.25, 0.3) is 0 Å². The van der Waals surface area contributed by atoms with E-state index in [0.717, 1.165) is 33.4 Å². The van der Waals surface area contributed by atoms with Crippen LogP contribution in [0.4, 0.5) is 0 Å². The van der Waals surface area contributed by atoms with Crippen molar-refractivity contribution in [3.8, 4) is 11.1 Å². The zero-order valence-corrected chi connectivity index (χ0v) is 28.5. The fraction of sp³-hybridized carbons (Fsp3) is 0.286. The maximum Gasteiger partial charge on any atom is 0.303 e. The first kappa shape index (κ1) is 35.0. The Hall–Kier alpha value is -4.86. The van der Waals surface area contributed by atoms with Crippen molar-refractivity contribution in [2.45, 2.75) is 63.9 Å². The number of carbonyl (C=O) groups is 2. The molecule has 0 aromatic heterocycles. The zero-order valence-electron chi connectivity index (χ0n) is 28.5. The molecule has 8 nitrogen and oxygen atoms in total. The van der Waals surface area contributed by atoms with E-state index in [1.165, 1.54) is 16.3 Å². The number of carboxylic acids is 1. The van der Waals surface area contributed by atoms with Crippen LogP contribution in [-0.2, 0) is 32.2 Å². The molecule has 1 fully saturated rings. The fourth-order valence-electron chi connectivity index (χ4n) is 6.51. The Kier molecular flexibility index (Phi) is 11.4. The Morgan fingerprint density at radius 1 is 0.840 bits per heavy atom. The average molecular weight is 673 g/mol. The number of hydrogen-bond acceptors (Lipinski definition) is 6. The summed E-state index contributed by atoms with van der Waals surface area (Å²) in [5.74, 6) is -1.29. The number of rotatable bonds is 13. The van der Waals surface area contributed by atoms with Gasteiger partial charge in [-0.25, -0.2) is 0 Å². The van der Waals surface area contributed by atoms with Gasteiger partial charge in [-0.3, -0.25) is 14.5 Å². The lowest BCUT2D eigenvalue weighted by atomic mass is 9.97. The largest absolute Gasteiger partial charge is 0.481 e. The third kappa shape index (κ3) is 8.64. The van der Waals surface area contributed by atoms with Gasteiger partial charge in [0.2, 0.25) is 5.91 Å². The van der Waals surface area contributed by atoms with E-state index in [1.807, 2.05) is 72.8 Å². The number of fused-ring (bicyclic) bond motifs is 1. The second-order valence-electron chi connectivity index (χ2n) is 13.0. The Morgan fingerprint density at radius 3 is 2.28 bits per heavy atom. The van der Waals surface area contributed by atoms with E-state index in [9.17, 15) is 14.7 Å². The van der Waals surface area contributed by atoms with E-state index in [4.69, 9.17) is 14.6 Å². The molecule has 0 aliphatic carbocycles. The highest BCUT2D eigenvalue weighted by Gasteiger charge is 2.33. The van der Waals surface area contributed by atoms with Crippen LogP contribution >= 0.6 is 0 Å². The van der Waals surface area contributed by atoms with E-state index in [0.29, 0.717) is 19.5 Å². The third-order valence-electron chi connectivity index (χ3n) is 9.58. The minimum Gasteiger partial charge on any atom is -0.481 e. The molecule has 5 aromatic carbocycles. The summed E-state index contributed by atoms with van der Waals surface area (Å²) in [6, 6.07) is 39.1. The number of carbonyl (C=O) groups excluding carboxylic acids is 1. The Morgan fingerprint density at radius 2 is 1.54 bits per heavy atom. The van der Waals surface area contributed by atoms with E-state index >= 15 is 0 Å². The molecule has 1 heterocycles. The van der Waals surface area contributed by atoms with E-state index in [1.54, 1.807) is 0 Å². The number of nitrogens with one attached hydrogen (secondary N) is 1. The van der Waals surface area contributed by atoms with E-state index in [2.05, 4.69) is 66.7 Å². The van der Waals surface area contributed by atoms with Gasteiger partial charge in [-0.15, -0.1) is 0 Å². The quantitative estimate of drug-likeness (QED) is 0.118. The van der Waals surface area contributed by atoms with Crippen LogP contribution in [0.3, 0.4) is 0 Å². The van der Waals surface area contributed by atoms with Crippen molar-refractivity contribution in [1.82, 2.24) is 10.2 Å². The van der Waals surface area contributed by atoms with Gasteiger partial charge in [0, 0.05) is 37.5 Å². The summed E-state index contributed by atoms with van der Waals surface area (Å²) < 4.78 is 13.3. The predicted octanol–water partition coefficient (Wildman–Crippen LogP) is 7.72. The van der Waals surface area contributed by atoms with Gasteiger partial charge in [-0.1, -0.05) is 109 Å². The maximum absolute atomic E-state index is 12.2. The molecular weight excluding hydrogens is 628 g/mol. The van der Waals surface area contributed by atoms with Gasteiger partial charge in [-0.05, 0) is 64.2 Å². The molecule has 6 rings (SSSR count). The number of benzene rings is 5. The first-order valence-corrected chi connectivity index (χ1v) is 17.1. The number of amides is 1. The van der Waals surface area contributed by atoms with Crippen molar-refractivity contribution in [1.29, 1.82) is 0 Å². The lowest BCUT2D eigenvalue weighted by molar-refractivity contribution is -0.253. The molecule has 258 valence electrons. The number of aliphatic hydroxyl groups is 1. The van der Waals surface area contributed by atoms with Crippen molar-refractivity contribution in [3.63, 3.8) is 0 Å². The van der Waals surface area contributed by atoms with Gasteiger partial charge in [0.15, 0.2) is 6.29 Å². The van der Waals surface area contributed by atoms with Crippen LogP contribution in [0.15, 0.2) is 115 Å². The topological polar surface area (TPSA) is 108 Å². The molecule has 0 spiro atoms. The van der Waals surface area contributed by atoms with Gasteiger partial charge in [0.05, 0.1) is 25.2 Å². The molecule has 0 radical (unpaired) electrons. The Bertz CT molecular complexity index is 1910. The first-order chi connectivity index (χ1) is 24.3. The first-order valence-electron chi connectivity index (χ1n) is 17.1. The molecule has 5 aromatic rings. The summed E-state index contributed by atoms with van der Waals surface area (Å²) in [7, 11) is 2.14. The van der Waals surface area contributed by atoms with Crippen molar-refractivity contribution in [2.24, 2.45) is 0 Å². The number of aliphatic hydroxyl groups excluding tert-OH is 1. The van der Waals surface area contributed by atoms with Crippen LogP contribution in [-0.4, -0.2) is 46.7 Å². The average Bonchev–Trinajstić information content (AvgIpc) is 3.15. The molecule has 4 atom stereocenters. The Balaban J connectivity index is 1.19. The van der Waals surface area contributed by atoms with Crippen LogP contribution in [0.25, 0.3) is 21.9 Å². The third-order valence-corrected chi connectivity index (χ3v) is 9.58. The van der Waals surface area contributed by atoms with Crippen molar-refractivity contribution in [2.75, 3.05) is 13.6 Å². The number of aliphatic carboxylic acids is 1. The number of nitrogens with zero attached hydrogens (tertiary/aromatic N) is 1. The lowest BCUT2D eigenvalue weighted by Crippen LogP contribution is -2.38. The highest BCUT2D eigenvalue weighted by atomic mass is 16.7. The molecule has 1 aliphatic heterocycles. The standard InChI is InChI=1S/C42H44N2O6/c1-28(34-20-15-30-7-3-4-8-35(30)23-34)44(2)26-37-24-39(32-13-11-29(27-45)12-14-32)50-42(49-37)33-18-16-31(17-19-33)38-10-6-5-9-36(38)25-43-40(46)21-22-41(47)48/h3-20,23,28,37,39,42,45H,21-22,24-27H2,1-2H3,(H,43,46)(H,47,48)/t28-,37+,39-,42-/m1/s1. The summed E-state index contributed by atoms with van der Waals surface area (Å²) in [5, 5.41) is 23.8. The molecule has 3 N–H and O–H groups in total. The van der Waals surface area contributed by atoms with E-state index < -0.39 is 12.3 Å². The van der Waals surface area contributed by atoms with Crippen molar-refractivity contribution < 1.29 is 29.3 Å². The molecule has 1 amide bonds. The zero-order chi connectivity index (χ0) is 35.0. The van der Waals surface area contributed by atoms with Crippen LogP contribution < -0.4 is 5.32 Å². The molecule has 1 saturated heterocycles. The van der Waals surface area contributed by atoms with Crippen LogP contribution in [0, 0.1) is 0 Å². The normalized spacial score (nSPS) is 18.2. The summed E-state index contributed by atoms with van der Waals surface area (Å²) in [4.78, 5) is 25.4. The molecule has 0 saturated carbocycles. The van der Waals surface area contributed by atoms with E-state index in [-0.39, 0.29) is 43.6 Å². The lowest BCUT2D eigenvalue weighted by Gasteiger charge is -2.39.